The van der Waals surface area contributed by atoms with Crippen LogP contribution < -0.4 is 15.3 Å². The van der Waals surface area contributed by atoms with Gasteiger partial charge in [0.2, 0.25) is 0 Å². The minimum Gasteiger partial charge on any atom is -0.876 e. The number of rotatable bonds is 3. The van der Waals surface area contributed by atoms with Crippen LogP contribution >= 0.6 is 0 Å². The van der Waals surface area contributed by atoms with E-state index in [9.17, 15) is 29.7 Å². The van der Waals surface area contributed by atoms with Crippen molar-refractivity contribution in [3.05, 3.63) is 35.5 Å². The van der Waals surface area contributed by atoms with E-state index in [1.165, 1.54) is 41.5 Å². The van der Waals surface area contributed by atoms with Gasteiger partial charge in [-0.15, -0.1) is 17.3 Å². The summed E-state index contributed by atoms with van der Waals surface area (Å²) in [4.78, 5) is 29.9. The summed E-state index contributed by atoms with van der Waals surface area (Å²) in [5.41, 5.74) is 0. The summed E-state index contributed by atoms with van der Waals surface area (Å²) in [6.07, 6.45) is 3.17. The molecule has 22 heavy (non-hydrogen) atoms. The van der Waals surface area contributed by atoms with E-state index in [0.717, 1.165) is 18.2 Å². The Balaban J connectivity index is -0.000000108. The first-order valence-corrected chi connectivity index (χ1v) is 5.96. The first-order valence-electron chi connectivity index (χ1n) is 5.96. The van der Waals surface area contributed by atoms with E-state index in [2.05, 4.69) is 0 Å². The van der Waals surface area contributed by atoms with E-state index in [1.54, 1.807) is 0 Å². The molecule has 7 heteroatoms. The summed E-state index contributed by atoms with van der Waals surface area (Å²) in [6.45, 7) is 8.09. The molecule has 124 valence electrons. The third-order valence-corrected chi connectivity index (χ3v) is 1.22. The molecule has 0 spiro atoms. The largest absolute Gasteiger partial charge is 3.00 e. The Morgan fingerprint density at radius 3 is 0.682 bits per heavy atom. The number of carbonyl (C=O) groups is 3. The summed E-state index contributed by atoms with van der Waals surface area (Å²) in [6, 6.07) is 0. The van der Waals surface area contributed by atoms with Crippen molar-refractivity contribution in [1.29, 1.82) is 0 Å². The van der Waals surface area contributed by atoms with Gasteiger partial charge in [-0.05, 0) is 39.0 Å². The summed E-state index contributed by atoms with van der Waals surface area (Å²) in [7, 11) is 0. The number of hydrogen-bond acceptors (Lipinski definition) is 6. The van der Waals surface area contributed by atoms with E-state index in [1.807, 2.05) is 0 Å². The molecule has 0 amide bonds. The van der Waals surface area contributed by atoms with Crippen molar-refractivity contribution in [1.82, 2.24) is 0 Å². The second kappa shape index (κ2) is 17.2. The van der Waals surface area contributed by atoms with Crippen molar-refractivity contribution in [2.75, 3.05) is 0 Å². The molecule has 0 aromatic heterocycles. The van der Waals surface area contributed by atoms with Gasteiger partial charge in [-0.25, -0.2) is 0 Å². The first kappa shape index (κ1) is 28.3. The first-order chi connectivity index (χ1) is 9.38. The Labute approximate surface area is 141 Å². The maximum atomic E-state index is 9.98. The summed E-state index contributed by atoms with van der Waals surface area (Å²) >= 11 is 0. The standard InChI is InChI=1S/3C5H8O2.Mn/c3*1-4(6)3-5(2)7;/h3*3,6H,1-2H3;/q;;;+3/p-3. The van der Waals surface area contributed by atoms with Gasteiger partial charge in [-0.2, -0.15) is 0 Å². The second-order valence-corrected chi connectivity index (χ2v) is 4.10. The average Bonchev–Trinajstić information content (AvgIpc) is 2.10. The molecule has 0 bridgehead atoms. The molecule has 0 saturated heterocycles. The molecule has 0 saturated carbocycles. The zero-order valence-corrected chi connectivity index (χ0v) is 14.7. The summed E-state index contributed by atoms with van der Waals surface area (Å²) in [5, 5.41) is 29.9. The van der Waals surface area contributed by atoms with Crippen LogP contribution in [0.25, 0.3) is 0 Å². The molecule has 6 nitrogen and oxygen atoms in total. The summed E-state index contributed by atoms with van der Waals surface area (Å²) in [5.74, 6) is -1.12. The van der Waals surface area contributed by atoms with Gasteiger partial charge in [0.05, 0.1) is 0 Å². The van der Waals surface area contributed by atoms with Crippen LogP contribution in [-0.4, -0.2) is 17.3 Å². The molecule has 0 aliphatic carbocycles. The number of allylic oxidation sites excluding steroid dienone is 6. The average molecular weight is 352 g/mol. The Bertz CT molecular complexity index is 368. The van der Waals surface area contributed by atoms with Crippen LogP contribution in [0.1, 0.15) is 41.5 Å². The molecular formula is C15H21MnO6. The van der Waals surface area contributed by atoms with Crippen LogP contribution in [0, 0.1) is 0 Å². The van der Waals surface area contributed by atoms with Gasteiger partial charge < -0.3 is 15.3 Å². The number of hydrogen-bond donors (Lipinski definition) is 0. The smallest absolute Gasteiger partial charge is 0.876 e. The Morgan fingerprint density at radius 1 is 0.545 bits per heavy atom. The van der Waals surface area contributed by atoms with Crippen molar-refractivity contribution < 1.29 is 46.8 Å². The van der Waals surface area contributed by atoms with E-state index >= 15 is 0 Å². The Kier molecular flexibility index (Phi) is 22.2. The van der Waals surface area contributed by atoms with Gasteiger partial charge in [-0.1, -0.05) is 20.8 Å². The third-order valence-electron chi connectivity index (χ3n) is 1.22. The van der Waals surface area contributed by atoms with E-state index < -0.39 is 0 Å². The van der Waals surface area contributed by atoms with Gasteiger partial charge >= 0.3 is 17.1 Å². The van der Waals surface area contributed by atoms with Crippen LogP contribution in [0.5, 0.6) is 0 Å². The van der Waals surface area contributed by atoms with Gasteiger partial charge in [0, 0.05) is 0 Å². The Morgan fingerprint density at radius 2 is 0.682 bits per heavy atom. The molecular weight excluding hydrogens is 331 g/mol. The van der Waals surface area contributed by atoms with Crippen LogP contribution in [0.2, 0.25) is 0 Å². The van der Waals surface area contributed by atoms with Gasteiger partial charge in [0.1, 0.15) is 0 Å². The molecule has 0 aromatic rings. The van der Waals surface area contributed by atoms with Crippen LogP contribution in [0.4, 0.5) is 0 Å². The third kappa shape index (κ3) is 51.8. The SMILES string of the molecule is CC(=O)C=C(C)[O-].CC(=O)C=C(C)[O-].CC(=O)C=C(C)[O-].[Mn+3]. The zero-order valence-electron chi connectivity index (χ0n) is 13.6. The topological polar surface area (TPSA) is 120 Å². The molecule has 0 aliphatic rings. The van der Waals surface area contributed by atoms with Crippen molar-refractivity contribution in [3.63, 3.8) is 0 Å². The van der Waals surface area contributed by atoms with Crippen molar-refractivity contribution in [3.8, 4) is 0 Å². The molecule has 0 N–H and O–H groups in total. The minimum atomic E-state index is -0.187. The maximum Gasteiger partial charge on any atom is 3.00 e. The van der Waals surface area contributed by atoms with E-state index in [0.29, 0.717) is 0 Å². The number of ketones is 3. The normalized spacial score (nSPS) is 10.9. The zero-order chi connectivity index (χ0) is 17.6. The quantitative estimate of drug-likeness (QED) is 0.384. The fourth-order valence-corrected chi connectivity index (χ4v) is 0.859. The summed E-state index contributed by atoms with van der Waals surface area (Å²) < 4.78 is 0. The second-order valence-electron chi connectivity index (χ2n) is 4.10. The van der Waals surface area contributed by atoms with Gasteiger partial charge in [-0.3, -0.25) is 14.4 Å². The molecule has 0 atom stereocenters. The van der Waals surface area contributed by atoms with Gasteiger partial charge in [0.15, 0.2) is 17.3 Å². The van der Waals surface area contributed by atoms with Crippen molar-refractivity contribution in [2.24, 2.45) is 0 Å². The maximum absolute atomic E-state index is 9.98. The molecule has 0 heterocycles. The predicted molar refractivity (Wildman–Crippen MR) is 73.3 cm³/mol. The van der Waals surface area contributed by atoms with Crippen LogP contribution in [0.3, 0.4) is 0 Å². The minimum absolute atomic E-state index is 0. The fourth-order valence-electron chi connectivity index (χ4n) is 0.859. The van der Waals surface area contributed by atoms with Crippen molar-refractivity contribution >= 4 is 17.3 Å². The molecule has 0 rings (SSSR count). The van der Waals surface area contributed by atoms with Crippen molar-refractivity contribution in [2.45, 2.75) is 41.5 Å². The van der Waals surface area contributed by atoms with E-state index in [-0.39, 0.29) is 51.7 Å². The molecule has 0 aliphatic heterocycles. The van der Waals surface area contributed by atoms with E-state index in [4.69, 9.17) is 0 Å². The Hall–Kier alpha value is -1.85. The molecule has 0 fully saturated rings. The van der Waals surface area contributed by atoms with Crippen LogP contribution in [0.15, 0.2) is 35.5 Å². The molecule has 0 radical (unpaired) electrons. The molecule has 0 aromatic carbocycles. The predicted octanol–water partition coefficient (Wildman–Crippen LogP) is -0.484. The fraction of sp³-hybridized carbons (Fsp3) is 0.400. The van der Waals surface area contributed by atoms with Gasteiger partial charge in [0.25, 0.3) is 0 Å². The molecule has 0 unspecified atom stereocenters. The monoisotopic (exact) mass is 352 g/mol. The number of carbonyl (C=O) groups excluding carboxylic acids is 3. The van der Waals surface area contributed by atoms with Crippen LogP contribution in [-0.2, 0) is 31.5 Å².